The minimum atomic E-state index is 0.306. The second-order valence-electron chi connectivity index (χ2n) is 30.8. The summed E-state index contributed by atoms with van der Waals surface area (Å²) >= 11 is 20.0. The van der Waals surface area contributed by atoms with Crippen LogP contribution in [0.4, 0.5) is 0 Å². The lowest BCUT2D eigenvalue weighted by atomic mass is 9.78. The molecule has 0 saturated heterocycles. The van der Waals surface area contributed by atoms with E-state index in [1.165, 1.54) is 212 Å². The number of aromatic hydroxyl groups is 1. The number of methoxy groups -OCH3 is 1. The van der Waals surface area contributed by atoms with Crippen LogP contribution < -0.4 is 5.32 Å². The summed E-state index contributed by atoms with van der Waals surface area (Å²) in [5, 5.41) is 12.7. The number of rotatable bonds is 24. The third-order valence-corrected chi connectivity index (χ3v) is 26.4. The smallest absolute Gasteiger partial charge is 0.125 e. The van der Waals surface area contributed by atoms with Crippen LogP contribution in [-0.4, -0.2) is 25.5 Å². The Kier molecular flexibility index (Phi) is 56.0. The topological polar surface area (TPSA) is 41.5 Å². The first kappa shape index (κ1) is 113. The lowest BCUT2D eigenvalue weighted by Crippen LogP contribution is -2.14. The number of fused-ring (bicyclic) bond motifs is 1. The SMILES string of the molecule is C=C/C=C1/C(c2ccccc2)=C(/C=C/I)c2ccccc21.C=C/C=C1\CC(/C=C/I)=C1c1ccccc1.C=C/C=C1\CCC(/C=C/I)=C1c1ccccc1.C=C/C=C1\CCCC(/C=C/I)=C1NC.C=C/C=C1\CCCC(/C=C/I)=C1OC.C=C/C=C1\CCCC(/C=C/I)=C1SC.C=C/C=C1\CCCC(/C=C/I)=C1c1ccc(O)cc1.C=C/C=C1\CCCC(/C=C/I)=C1c1ccccc1. The van der Waals surface area contributed by atoms with Gasteiger partial charge in [-0.3, -0.25) is 0 Å². The monoisotopic (exact) mass is 2670 g/mol. The average Bonchev–Trinajstić information content (AvgIpc) is 1.60. The lowest BCUT2D eigenvalue weighted by molar-refractivity contribution is 0.289. The molecule has 0 fully saturated rings. The van der Waals surface area contributed by atoms with E-state index in [1.54, 1.807) is 19.2 Å². The fourth-order valence-corrected chi connectivity index (χ4v) is 21.4. The molecule has 2 N–H and O–H groups in total. The summed E-state index contributed by atoms with van der Waals surface area (Å²) < 4.78 is 22.0. The zero-order valence-electron chi connectivity index (χ0n) is 76.8. The van der Waals surface area contributed by atoms with Crippen LogP contribution in [0.15, 0.2) is 495 Å². The number of hydrogen-bond donors (Lipinski definition) is 2. The van der Waals surface area contributed by atoms with Crippen LogP contribution in [0.25, 0.3) is 39.0 Å². The zero-order chi connectivity index (χ0) is 95.8. The second kappa shape index (κ2) is 66.2. The van der Waals surface area contributed by atoms with E-state index in [2.05, 4.69) is 504 Å². The molecule has 133 heavy (non-hydrogen) atoms. The number of hydrogen-bond acceptors (Lipinski definition) is 4. The molecule has 0 radical (unpaired) electrons. The summed E-state index contributed by atoms with van der Waals surface area (Å²) in [5.41, 5.74) is 38.8. The van der Waals surface area contributed by atoms with Gasteiger partial charge in [-0.1, -0.05) is 525 Å². The Morgan fingerprint density at radius 2 is 0.617 bits per heavy atom. The van der Waals surface area contributed by atoms with Crippen molar-refractivity contribution in [3.63, 3.8) is 0 Å². The third-order valence-electron chi connectivity index (χ3n) is 22.6. The molecule has 686 valence electrons. The molecule has 0 saturated carbocycles. The molecular weight excluding hydrogens is 2550 g/mol. The Morgan fingerprint density at radius 3 is 1.05 bits per heavy atom. The molecule has 6 aromatic carbocycles. The van der Waals surface area contributed by atoms with Gasteiger partial charge in [-0.05, 0) is 335 Å². The van der Waals surface area contributed by atoms with Crippen LogP contribution in [0.3, 0.4) is 0 Å². The van der Waals surface area contributed by atoms with Crippen LogP contribution in [0.2, 0.25) is 0 Å². The van der Waals surface area contributed by atoms with E-state index < -0.39 is 0 Å². The minimum Gasteiger partial charge on any atom is -0.508 e. The molecule has 8 aliphatic rings. The van der Waals surface area contributed by atoms with Gasteiger partial charge in [0.25, 0.3) is 0 Å². The van der Waals surface area contributed by atoms with E-state index in [9.17, 15) is 5.11 Å². The van der Waals surface area contributed by atoms with E-state index in [0.29, 0.717) is 5.75 Å². The molecule has 12 heteroatoms. The third kappa shape index (κ3) is 35.2. The van der Waals surface area contributed by atoms with Crippen LogP contribution in [0, 0.1) is 0 Å². The normalized spacial score (nSPS) is 18.6. The molecule has 0 unspecified atom stereocenters. The number of benzene rings is 6. The van der Waals surface area contributed by atoms with Crippen molar-refractivity contribution in [2.24, 2.45) is 0 Å². The number of ether oxygens (including phenoxy) is 1. The highest BCUT2D eigenvalue weighted by atomic mass is 127. The number of phenolic OH excluding ortho intramolecular Hbond substituents is 1. The summed E-state index contributed by atoms with van der Waals surface area (Å²) in [7, 11) is 3.72. The van der Waals surface area contributed by atoms with Gasteiger partial charge in [0.15, 0.2) is 0 Å². The van der Waals surface area contributed by atoms with Crippen molar-refractivity contribution in [1.29, 1.82) is 0 Å². The Hall–Kier alpha value is -7.41. The first-order valence-corrected chi connectivity index (χ1v) is 55.8. The van der Waals surface area contributed by atoms with Gasteiger partial charge < -0.3 is 15.2 Å². The van der Waals surface area contributed by atoms with Gasteiger partial charge in [0.2, 0.25) is 0 Å². The predicted molar refractivity (Wildman–Crippen MR) is 660 cm³/mol. The number of nitrogens with one attached hydrogen (secondary N) is 1. The number of allylic oxidation sites excluding steroid dienone is 45. The van der Waals surface area contributed by atoms with Crippen molar-refractivity contribution >= 4 is 232 Å². The van der Waals surface area contributed by atoms with E-state index in [-0.39, 0.29) is 0 Å². The van der Waals surface area contributed by atoms with Gasteiger partial charge in [0.1, 0.15) is 11.5 Å². The fraction of sp³-hybridized carbons (Fsp3) is 0.174. The Bertz CT molecular complexity index is 5630. The van der Waals surface area contributed by atoms with Crippen molar-refractivity contribution in [3.8, 4) is 5.75 Å². The second-order valence-corrected chi connectivity index (χ2v) is 37.4. The summed E-state index contributed by atoms with van der Waals surface area (Å²) in [4.78, 5) is 1.45. The van der Waals surface area contributed by atoms with Crippen LogP contribution in [0.5, 0.6) is 5.75 Å². The molecule has 0 amide bonds. The largest absolute Gasteiger partial charge is 0.508 e. The first-order chi connectivity index (χ1) is 65.2. The highest BCUT2D eigenvalue weighted by Gasteiger charge is 2.27. The summed E-state index contributed by atoms with van der Waals surface area (Å²) in [6.07, 6.45) is 72.3. The summed E-state index contributed by atoms with van der Waals surface area (Å²) in [6.45, 7) is 30.3. The predicted octanol–water partition coefficient (Wildman–Crippen LogP) is 40.1. The standard InChI is InChI=1S/C20H15I.C17H17IO.C17H17I.C16H15I.C15H13I.C12H16IN.C12H15IO.C12H15IS/c1-2-8-18-16-11-6-7-12-17(16)19(13-14-21)20(18)15-9-4-3-5-10-15;1-2-4-13-5-3-6-14(11-12-18)17(13)15-7-9-16(19)10-8-15;1-2-7-14-10-6-11-16(12-13-18)17(14)15-8-4-3-5-9-15;1-2-6-13-9-10-15(11-12-17)16(13)14-7-4-3-5-8-14;1-2-6-13-11-14(9-10-16)15(13)12-7-4-3-5-8-12;3*1-3-5-10-6-4-7-11(8-9-13)12(10)14-2/h2-14H,1H2;2,4,7-12,19H,1,3,5-6H2;2-5,7-9,12-13H,1,6,10-11H2;2-8,11-12H,1,9-10H2;2-10H,1,11H2;3,5,8-9,14H,1,4,6-7H2,2H3;2*3,5,8-9H,1,4,6-7H2,2H3/b14-13+,18-8+;12-11+,13-4+;13-12+,14-7+;12-11+,13-6+;10-9+,13-6+;3*9-8+,10-5+. The highest BCUT2D eigenvalue weighted by molar-refractivity contribution is 14.1. The number of likely N-dealkylation sites (N-methyl/N-ethyl adjacent to an activating group) is 1. The average molecular weight is 2670 g/mol. The molecular formula is C121H123I8NO2S. The van der Waals surface area contributed by atoms with Crippen molar-refractivity contribution in [2.45, 2.75) is 116 Å². The van der Waals surface area contributed by atoms with Gasteiger partial charge >= 0.3 is 0 Å². The van der Waals surface area contributed by atoms with Crippen LogP contribution >= 0.6 is 192 Å². The Morgan fingerprint density at radius 1 is 0.301 bits per heavy atom. The molecule has 0 aliphatic heterocycles. The van der Waals surface area contributed by atoms with Crippen LogP contribution in [-0.2, 0) is 4.74 Å². The lowest BCUT2D eigenvalue weighted by Gasteiger charge is -2.26. The van der Waals surface area contributed by atoms with E-state index in [4.69, 9.17) is 4.74 Å². The molecule has 14 rings (SSSR count). The highest BCUT2D eigenvalue weighted by Crippen LogP contribution is 2.49. The van der Waals surface area contributed by atoms with E-state index in [1.807, 2.05) is 95.8 Å². The van der Waals surface area contributed by atoms with Crippen LogP contribution in [0.1, 0.15) is 155 Å². The van der Waals surface area contributed by atoms with Gasteiger partial charge in [-0.2, -0.15) is 0 Å². The van der Waals surface area contributed by atoms with Crippen molar-refractivity contribution in [2.75, 3.05) is 20.4 Å². The molecule has 0 aromatic heterocycles. The maximum Gasteiger partial charge on any atom is 0.125 e. The Labute approximate surface area is 910 Å². The number of thioether (sulfide) groups is 1. The molecule has 0 spiro atoms. The maximum atomic E-state index is 9.43. The number of phenols is 1. The van der Waals surface area contributed by atoms with Crippen molar-refractivity contribution in [1.82, 2.24) is 5.32 Å². The molecule has 0 bridgehead atoms. The quantitative estimate of drug-likeness (QED) is 0.0593. The summed E-state index contributed by atoms with van der Waals surface area (Å²) in [5.74, 6) is 1.34. The van der Waals surface area contributed by atoms with Gasteiger partial charge in [0.05, 0.1) is 7.11 Å². The maximum absolute atomic E-state index is 9.43. The molecule has 8 aliphatic carbocycles. The van der Waals surface area contributed by atoms with Gasteiger partial charge in [-0.15, -0.1) is 11.8 Å². The van der Waals surface area contributed by atoms with E-state index in [0.717, 1.165) is 75.5 Å². The first-order valence-electron chi connectivity index (χ1n) is 44.7. The fourth-order valence-electron chi connectivity index (χ4n) is 17.2. The van der Waals surface area contributed by atoms with E-state index >= 15 is 0 Å². The summed E-state index contributed by atoms with van der Waals surface area (Å²) in [6, 6.07) is 58.4. The van der Waals surface area contributed by atoms with Gasteiger partial charge in [0, 0.05) is 17.6 Å². The molecule has 0 heterocycles. The number of halogens is 8. The van der Waals surface area contributed by atoms with Crippen molar-refractivity contribution in [3.05, 3.63) is 534 Å². The Balaban J connectivity index is 0.000000208. The van der Waals surface area contributed by atoms with Crippen molar-refractivity contribution < 1.29 is 9.84 Å². The molecule has 6 aromatic rings. The minimum absolute atomic E-state index is 0.306. The molecule has 0 atom stereocenters. The molecule has 3 nitrogen and oxygen atoms in total. The van der Waals surface area contributed by atoms with Gasteiger partial charge in [-0.25, -0.2) is 0 Å². The zero-order valence-corrected chi connectivity index (χ0v) is 94.9.